The van der Waals surface area contributed by atoms with E-state index in [1.54, 1.807) is 60.7 Å². The van der Waals surface area contributed by atoms with Gasteiger partial charge in [0.1, 0.15) is 12.6 Å². The lowest BCUT2D eigenvalue weighted by atomic mass is 10.0. The summed E-state index contributed by atoms with van der Waals surface area (Å²) in [5.41, 5.74) is -0.550. The monoisotopic (exact) mass is 677 g/mol. The molecule has 0 aliphatic heterocycles. The summed E-state index contributed by atoms with van der Waals surface area (Å²) in [6, 6.07) is 23.5. The summed E-state index contributed by atoms with van der Waals surface area (Å²) in [5, 5.41) is 2.51. The molecular weight excluding hydrogens is 650 g/mol. The maximum atomic E-state index is 14.3. The lowest BCUT2D eigenvalue weighted by Gasteiger charge is -2.34. The van der Waals surface area contributed by atoms with E-state index >= 15 is 0 Å². The number of hydrogen-bond acceptors (Lipinski definition) is 4. The van der Waals surface area contributed by atoms with Gasteiger partial charge in [-0.2, -0.15) is 13.2 Å². The van der Waals surface area contributed by atoms with Gasteiger partial charge in [0.15, 0.2) is 0 Å². The first-order valence-corrected chi connectivity index (χ1v) is 15.8. The average molecular weight is 679 g/mol. The molecule has 1 atom stereocenters. The van der Waals surface area contributed by atoms with Gasteiger partial charge >= 0.3 is 6.18 Å². The van der Waals surface area contributed by atoms with E-state index < -0.39 is 51.9 Å². The van der Waals surface area contributed by atoms with Crippen LogP contribution in [0.2, 0.25) is 10.0 Å². The molecule has 4 aromatic carbocycles. The Hall–Kier alpha value is -4.06. The molecule has 0 unspecified atom stereocenters. The predicted molar refractivity (Wildman–Crippen MR) is 167 cm³/mol. The number of benzene rings is 4. The highest BCUT2D eigenvalue weighted by Crippen LogP contribution is 2.37. The van der Waals surface area contributed by atoms with Gasteiger partial charge in [-0.25, -0.2) is 8.42 Å². The molecule has 1 N–H and O–H groups in total. The van der Waals surface area contributed by atoms with E-state index in [-0.39, 0.29) is 22.9 Å². The number of rotatable bonds is 11. The zero-order valence-electron chi connectivity index (χ0n) is 23.8. The van der Waals surface area contributed by atoms with Gasteiger partial charge in [-0.15, -0.1) is 0 Å². The fourth-order valence-corrected chi connectivity index (χ4v) is 6.55. The molecule has 236 valence electrons. The number of carbonyl (C=O) groups excluding carboxylic acids is 2. The van der Waals surface area contributed by atoms with E-state index in [0.29, 0.717) is 32.6 Å². The maximum Gasteiger partial charge on any atom is 0.416 e. The van der Waals surface area contributed by atoms with Crippen molar-refractivity contribution in [2.45, 2.75) is 30.1 Å². The third-order valence-electron chi connectivity index (χ3n) is 6.97. The van der Waals surface area contributed by atoms with E-state index in [1.165, 1.54) is 36.2 Å². The van der Waals surface area contributed by atoms with Crippen molar-refractivity contribution in [3.8, 4) is 0 Å². The second kappa shape index (κ2) is 14.4. The van der Waals surface area contributed by atoms with Gasteiger partial charge < -0.3 is 10.2 Å². The summed E-state index contributed by atoms with van der Waals surface area (Å²) in [5.74, 6) is -1.43. The first-order chi connectivity index (χ1) is 21.3. The van der Waals surface area contributed by atoms with Gasteiger partial charge in [-0.1, -0.05) is 89.9 Å². The summed E-state index contributed by atoms with van der Waals surface area (Å²) >= 11 is 12.7. The molecule has 45 heavy (non-hydrogen) atoms. The number of likely N-dealkylation sites (N-methyl/N-ethyl adjacent to an activating group) is 1. The van der Waals surface area contributed by atoms with E-state index in [4.69, 9.17) is 23.2 Å². The quantitative estimate of drug-likeness (QED) is 0.194. The number of anilines is 1. The van der Waals surface area contributed by atoms with Crippen LogP contribution in [-0.4, -0.2) is 44.8 Å². The molecule has 0 bridgehead atoms. The number of carbonyl (C=O) groups is 2. The first-order valence-electron chi connectivity index (χ1n) is 13.6. The van der Waals surface area contributed by atoms with Crippen LogP contribution in [0.15, 0.2) is 108 Å². The minimum atomic E-state index is -4.83. The average Bonchev–Trinajstić information content (AvgIpc) is 3.02. The first kappa shape index (κ1) is 33.8. The highest BCUT2D eigenvalue weighted by molar-refractivity contribution is 7.92. The molecule has 2 amide bonds. The molecule has 0 radical (unpaired) electrons. The summed E-state index contributed by atoms with van der Waals surface area (Å²) in [4.78, 5) is 28.5. The Morgan fingerprint density at radius 3 is 2.04 bits per heavy atom. The standard InChI is InChI=1S/C32H28Cl2F3N3O4S/c1-38-31(42)29(18-22-10-4-2-5-11-22)39(20-23-12-8-9-15-26(23)33)30(41)21-40(45(43,44)25-13-6-3-7-14-25)28-19-24(32(35,36)37)16-17-27(28)34/h2-17,19,29H,18,20-21H2,1H3,(H,38,42)/t29-/m1/s1. The third-order valence-corrected chi connectivity index (χ3v) is 9.43. The highest BCUT2D eigenvalue weighted by atomic mass is 35.5. The van der Waals surface area contributed by atoms with E-state index in [0.717, 1.165) is 6.07 Å². The lowest BCUT2D eigenvalue weighted by Crippen LogP contribution is -2.53. The van der Waals surface area contributed by atoms with Crippen LogP contribution in [-0.2, 0) is 38.8 Å². The number of halogens is 5. The van der Waals surface area contributed by atoms with Crippen molar-refractivity contribution in [1.29, 1.82) is 0 Å². The van der Waals surface area contributed by atoms with Crippen molar-refractivity contribution in [2.75, 3.05) is 17.9 Å². The van der Waals surface area contributed by atoms with Crippen LogP contribution in [0.1, 0.15) is 16.7 Å². The van der Waals surface area contributed by atoms with Gasteiger partial charge in [0.05, 0.1) is 21.2 Å². The summed E-state index contributed by atoms with van der Waals surface area (Å²) in [6.07, 6.45) is -4.78. The second-order valence-electron chi connectivity index (χ2n) is 9.92. The van der Waals surface area contributed by atoms with Crippen molar-refractivity contribution in [3.05, 3.63) is 130 Å². The molecule has 0 saturated carbocycles. The Labute approximate surface area is 269 Å². The van der Waals surface area contributed by atoms with Crippen LogP contribution in [0.3, 0.4) is 0 Å². The normalized spacial score (nSPS) is 12.3. The fourth-order valence-electron chi connectivity index (χ4n) is 4.64. The smallest absolute Gasteiger partial charge is 0.357 e. The SMILES string of the molecule is CNC(=O)[C@@H](Cc1ccccc1)N(Cc1ccccc1Cl)C(=O)CN(c1cc(C(F)(F)F)ccc1Cl)S(=O)(=O)c1ccccc1. The van der Waals surface area contributed by atoms with Crippen LogP contribution < -0.4 is 9.62 Å². The Balaban J connectivity index is 1.86. The number of hydrogen-bond donors (Lipinski definition) is 1. The molecule has 0 heterocycles. The summed E-state index contributed by atoms with van der Waals surface area (Å²) in [6.45, 7) is -1.19. The Bertz CT molecular complexity index is 1760. The second-order valence-corrected chi connectivity index (χ2v) is 12.6. The zero-order chi connectivity index (χ0) is 32.8. The Morgan fingerprint density at radius 2 is 1.44 bits per heavy atom. The molecule has 4 rings (SSSR count). The van der Waals surface area contributed by atoms with E-state index in [9.17, 15) is 31.2 Å². The molecule has 0 aromatic heterocycles. The molecular formula is C32H28Cl2F3N3O4S. The molecule has 0 aliphatic rings. The minimum absolute atomic E-state index is 0.0481. The summed E-state index contributed by atoms with van der Waals surface area (Å²) < 4.78 is 69.8. The number of nitrogens with zero attached hydrogens (tertiary/aromatic N) is 2. The van der Waals surface area contributed by atoms with Crippen molar-refractivity contribution in [3.63, 3.8) is 0 Å². The molecule has 4 aromatic rings. The molecule has 0 aliphatic carbocycles. The van der Waals surface area contributed by atoms with Crippen LogP contribution in [0.25, 0.3) is 0 Å². The molecule has 0 fully saturated rings. The van der Waals surface area contributed by atoms with Gasteiger partial charge in [-0.3, -0.25) is 13.9 Å². The van der Waals surface area contributed by atoms with Gasteiger partial charge in [0, 0.05) is 25.0 Å². The molecule has 0 spiro atoms. The predicted octanol–water partition coefficient (Wildman–Crippen LogP) is 6.59. The fraction of sp³-hybridized carbons (Fsp3) is 0.188. The van der Waals surface area contributed by atoms with Crippen molar-refractivity contribution in [2.24, 2.45) is 0 Å². The number of sulfonamides is 1. The van der Waals surface area contributed by atoms with Crippen molar-refractivity contribution >= 4 is 50.7 Å². The highest BCUT2D eigenvalue weighted by Gasteiger charge is 2.37. The van der Waals surface area contributed by atoms with Crippen molar-refractivity contribution < 1.29 is 31.2 Å². The molecule has 13 heteroatoms. The zero-order valence-corrected chi connectivity index (χ0v) is 26.2. The van der Waals surface area contributed by atoms with Crippen LogP contribution in [0.4, 0.5) is 18.9 Å². The third kappa shape index (κ3) is 8.16. The number of nitrogens with one attached hydrogen (secondary N) is 1. The van der Waals surface area contributed by atoms with Crippen molar-refractivity contribution in [1.82, 2.24) is 10.2 Å². The number of amides is 2. The van der Waals surface area contributed by atoms with Gasteiger partial charge in [-0.05, 0) is 47.5 Å². The van der Waals surface area contributed by atoms with Gasteiger partial charge in [0.2, 0.25) is 11.8 Å². The summed E-state index contributed by atoms with van der Waals surface area (Å²) in [7, 11) is -3.26. The van der Waals surface area contributed by atoms with Gasteiger partial charge in [0.25, 0.3) is 10.0 Å². The van der Waals surface area contributed by atoms with E-state index in [1.807, 2.05) is 0 Å². The lowest BCUT2D eigenvalue weighted by molar-refractivity contribution is -0.139. The maximum absolute atomic E-state index is 14.3. The Morgan fingerprint density at radius 1 is 0.844 bits per heavy atom. The Kier molecular flexibility index (Phi) is 10.8. The minimum Gasteiger partial charge on any atom is -0.357 e. The van der Waals surface area contributed by atoms with E-state index in [2.05, 4.69) is 5.32 Å². The topological polar surface area (TPSA) is 86.8 Å². The largest absolute Gasteiger partial charge is 0.416 e. The van der Waals surface area contributed by atoms with Crippen LogP contribution >= 0.6 is 23.2 Å². The molecule has 0 saturated heterocycles. The number of alkyl halides is 3. The van der Waals surface area contributed by atoms with Crippen LogP contribution in [0, 0.1) is 0 Å². The molecule has 7 nitrogen and oxygen atoms in total. The van der Waals surface area contributed by atoms with Crippen LogP contribution in [0.5, 0.6) is 0 Å².